The van der Waals surface area contributed by atoms with Crippen LogP contribution in [0.2, 0.25) is 0 Å². The van der Waals surface area contributed by atoms with Gasteiger partial charge in [-0.2, -0.15) is 5.26 Å². The van der Waals surface area contributed by atoms with Gasteiger partial charge in [0.1, 0.15) is 5.75 Å². The molecule has 0 aliphatic carbocycles. The molecule has 2 N–H and O–H groups in total. The summed E-state index contributed by atoms with van der Waals surface area (Å²) in [5, 5.41) is 8.63. The lowest BCUT2D eigenvalue weighted by molar-refractivity contribution is -0.134. The van der Waals surface area contributed by atoms with Crippen LogP contribution in [0.1, 0.15) is 12.0 Å². The third-order valence-electron chi connectivity index (χ3n) is 2.24. The highest BCUT2D eigenvalue weighted by Crippen LogP contribution is 2.12. The lowest BCUT2D eigenvalue weighted by Crippen LogP contribution is -2.35. The number of ether oxygens (including phenoxy) is 1. The first-order chi connectivity index (χ1) is 8.51. The van der Waals surface area contributed by atoms with Crippen molar-refractivity contribution < 1.29 is 9.53 Å². The third kappa shape index (κ3) is 4.95. The number of hydrogen-bond donors (Lipinski definition) is 1. The van der Waals surface area contributed by atoms with Gasteiger partial charge in [-0.15, -0.1) is 0 Å². The van der Waals surface area contributed by atoms with Crippen molar-refractivity contribution >= 4 is 5.97 Å². The molecule has 0 amide bonds. The molecule has 96 valence electrons. The molecular formula is C13H17N3O2. The Morgan fingerprint density at radius 1 is 1.44 bits per heavy atom. The average molecular weight is 247 g/mol. The van der Waals surface area contributed by atoms with E-state index in [1.54, 1.807) is 24.3 Å². The summed E-state index contributed by atoms with van der Waals surface area (Å²) in [6, 6.07) is 8.13. The Hall–Kier alpha value is -1.90. The number of nitriles is 1. The van der Waals surface area contributed by atoms with E-state index in [9.17, 15) is 4.79 Å². The number of carbonyl (C=O) groups is 1. The summed E-state index contributed by atoms with van der Waals surface area (Å²) >= 11 is 0. The van der Waals surface area contributed by atoms with Crippen molar-refractivity contribution in [3.63, 3.8) is 0 Å². The molecule has 0 saturated carbocycles. The molecule has 1 rings (SSSR count). The summed E-state index contributed by atoms with van der Waals surface area (Å²) in [6.07, 6.45) is 0.165. The topological polar surface area (TPSA) is 79.3 Å². The number of likely N-dealkylation sites (N-methyl/N-ethyl adjacent to an activating group) is 1. The summed E-state index contributed by atoms with van der Waals surface area (Å²) in [6.45, 7) is 0.627. The number of rotatable bonds is 5. The van der Waals surface area contributed by atoms with Gasteiger partial charge in [0, 0.05) is 12.6 Å². The van der Waals surface area contributed by atoms with Crippen molar-refractivity contribution in [3.05, 3.63) is 29.8 Å². The van der Waals surface area contributed by atoms with Gasteiger partial charge in [0.15, 0.2) is 0 Å². The van der Waals surface area contributed by atoms with E-state index in [1.807, 2.05) is 25.1 Å². The van der Waals surface area contributed by atoms with Crippen LogP contribution in [0, 0.1) is 11.3 Å². The standard InChI is InChI=1S/C13H17N3O2/c1-16(2)9-11(15)7-13(17)18-12-5-3-10(8-14)4-6-12/h3-6,11H,7,9,15H2,1-2H3. The SMILES string of the molecule is CN(C)CC(N)CC(=O)Oc1ccc(C#N)cc1. The van der Waals surface area contributed by atoms with Crippen LogP contribution >= 0.6 is 0 Å². The van der Waals surface area contributed by atoms with Crippen LogP contribution < -0.4 is 10.5 Å². The van der Waals surface area contributed by atoms with E-state index in [2.05, 4.69) is 0 Å². The Morgan fingerprint density at radius 3 is 2.56 bits per heavy atom. The molecule has 0 saturated heterocycles. The van der Waals surface area contributed by atoms with Crippen molar-refractivity contribution in [1.82, 2.24) is 4.90 Å². The maximum absolute atomic E-state index is 11.6. The fourth-order valence-corrected chi connectivity index (χ4v) is 1.52. The zero-order valence-corrected chi connectivity index (χ0v) is 10.6. The Morgan fingerprint density at radius 2 is 2.06 bits per heavy atom. The van der Waals surface area contributed by atoms with Gasteiger partial charge in [0.05, 0.1) is 18.1 Å². The van der Waals surface area contributed by atoms with E-state index >= 15 is 0 Å². The Labute approximate surface area is 107 Å². The highest BCUT2D eigenvalue weighted by Gasteiger charge is 2.12. The summed E-state index contributed by atoms with van der Waals surface area (Å²) in [5.74, 6) is 0.0603. The van der Waals surface area contributed by atoms with Crippen molar-refractivity contribution in [3.8, 4) is 11.8 Å². The molecule has 0 bridgehead atoms. The number of hydrogen-bond acceptors (Lipinski definition) is 5. The lowest BCUT2D eigenvalue weighted by Gasteiger charge is -2.15. The second-order valence-electron chi connectivity index (χ2n) is 4.34. The molecule has 0 aromatic heterocycles. The van der Waals surface area contributed by atoms with Gasteiger partial charge in [0.2, 0.25) is 0 Å². The van der Waals surface area contributed by atoms with Gasteiger partial charge >= 0.3 is 5.97 Å². The molecule has 5 nitrogen and oxygen atoms in total. The summed E-state index contributed by atoms with van der Waals surface area (Å²) in [5.41, 5.74) is 6.32. The van der Waals surface area contributed by atoms with Gasteiger partial charge in [-0.1, -0.05) is 0 Å². The number of nitrogens with zero attached hydrogens (tertiary/aromatic N) is 2. The Balaban J connectivity index is 2.46. The van der Waals surface area contributed by atoms with Crippen LogP contribution in [-0.2, 0) is 4.79 Å². The van der Waals surface area contributed by atoms with E-state index < -0.39 is 0 Å². The van der Waals surface area contributed by atoms with Crippen molar-refractivity contribution in [2.45, 2.75) is 12.5 Å². The Kier molecular flexibility index (Phi) is 5.31. The molecule has 18 heavy (non-hydrogen) atoms. The number of nitrogens with two attached hydrogens (primary N) is 1. The van der Waals surface area contributed by atoms with Crippen molar-refractivity contribution in [2.24, 2.45) is 5.73 Å². The molecule has 5 heteroatoms. The maximum Gasteiger partial charge on any atom is 0.312 e. The largest absolute Gasteiger partial charge is 0.426 e. The first-order valence-corrected chi connectivity index (χ1v) is 5.62. The molecule has 0 aliphatic rings. The molecule has 1 aromatic carbocycles. The van der Waals surface area contributed by atoms with E-state index in [0.717, 1.165) is 0 Å². The third-order valence-corrected chi connectivity index (χ3v) is 2.24. The molecular weight excluding hydrogens is 230 g/mol. The normalized spacial score (nSPS) is 11.9. The van der Waals surface area contributed by atoms with Crippen molar-refractivity contribution in [1.29, 1.82) is 5.26 Å². The van der Waals surface area contributed by atoms with Crippen LogP contribution in [0.5, 0.6) is 5.75 Å². The second-order valence-corrected chi connectivity index (χ2v) is 4.34. The lowest BCUT2D eigenvalue weighted by atomic mass is 10.2. The molecule has 0 radical (unpaired) electrons. The minimum Gasteiger partial charge on any atom is -0.426 e. The highest BCUT2D eigenvalue weighted by molar-refractivity contribution is 5.73. The van der Waals surface area contributed by atoms with Crippen molar-refractivity contribution in [2.75, 3.05) is 20.6 Å². The molecule has 1 atom stereocenters. The molecule has 0 spiro atoms. The predicted molar refractivity (Wildman–Crippen MR) is 67.9 cm³/mol. The zero-order valence-electron chi connectivity index (χ0n) is 10.6. The smallest absolute Gasteiger partial charge is 0.312 e. The molecule has 0 aliphatic heterocycles. The fourth-order valence-electron chi connectivity index (χ4n) is 1.52. The van der Waals surface area contributed by atoms with Crippen LogP contribution in [-0.4, -0.2) is 37.6 Å². The van der Waals surface area contributed by atoms with Gasteiger partial charge in [-0.25, -0.2) is 0 Å². The second kappa shape index (κ2) is 6.74. The maximum atomic E-state index is 11.6. The number of carbonyl (C=O) groups excluding carboxylic acids is 1. The minimum atomic E-state index is -0.367. The van der Waals surface area contributed by atoms with E-state index in [-0.39, 0.29) is 18.4 Å². The first-order valence-electron chi connectivity index (χ1n) is 5.62. The van der Waals surface area contributed by atoms with Gasteiger partial charge in [-0.3, -0.25) is 4.79 Å². The summed E-state index contributed by atoms with van der Waals surface area (Å²) < 4.78 is 5.12. The molecule has 1 aromatic rings. The van der Waals surface area contributed by atoms with Crippen LogP contribution in [0.3, 0.4) is 0 Å². The Bertz CT molecular complexity index is 435. The van der Waals surface area contributed by atoms with Crippen LogP contribution in [0.15, 0.2) is 24.3 Å². The summed E-state index contributed by atoms with van der Waals surface area (Å²) in [4.78, 5) is 13.5. The number of esters is 1. The van der Waals surface area contributed by atoms with Gasteiger partial charge in [0.25, 0.3) is 0 Å². The first kappa shape index (κ1) is 14.2. The quantitative estimate of drug-likeness (QED) is 0.613. The number of benzene rings is 1. The molecule has 1 unspecified atom stereocenters. The highest BCUT2D eigenvalue weighted by atomic mass is 16.5. The van der Waals surface area contributed by atoms with E-state index in [4.69, 9.17) is 15.7 Å². The fraction of sp³-hybridized carbons (Fsp3) is 0.385. The predicted octanol–water partition coefficient (Wildman–Crippen LogP) is 0.743. The van der Waals surface area contributed by atoms with Crippen LogP contribution in [0.25, 0.3) is 0 Å². The zero-order chi connectivity index (χ0) is 13.5. The van der Waals surface area contributed by atoms with E-state index in [0.29, 0.717) is 17.9 Å². The minimum absolute atomic E-state index is 0.165. The van der Waals surface area contributed by atoms with Crippen LogP contribution in [0.4, 0.5) is 0 Å². The molecule has 0 fully saturated rings. The average Bonchev–Trinajstić information content (AvgIpc) is 2.28. The molecule has 0 heterocycles. The van der Waals surface area contributed by atoms with Gasteiger partial charge < -0.3 is 15.4 Å². The monoisotopic (exact) mass is 247 g/mol. The van der Waals surface area contributed by atoms with E-state index in [1.165, 1.54) is 0 Å². The summed E-state index contributed by atoms with van der Waals surface area (Å²) in [7, 11) is 3.79. The van der Waals surface area contributed by atoms with Gasteiger partial charge in [-0.05, 0) is 38.4 Å².